The van der Waals surface area contributed by atoms with Gasteiger partial charge in [0.25, 0.3) is 0 Å². The van der Waals surface area contributed by atoms with Gasteiger partial charge in [-0.2, -0.15) is 0 Å². The second kappa shape index (κ2) is 13.1. The predicted octanol–water partition coefficient (Wildman–Crippen LogP) is 6.83. The molecule has 2 rings (SSSR count). The van der Waals surface area contributed by atoms with Crippen LogP contribution in [0.4, 0.5) is 5.69 Å². The molecule has 2 aromatic carbocycles. The Bertz CT molecular complexity index is 607. The number of nitrogens with one attached hydrogen (secondary N) is 1. The quantitative estimate of drug-likeness (QED) is 0.370. The summed E-state index contributed by atoms with van der Waals surface area (Å²) in [4.78, 5) is 0. The van der Waals surface area contributed by atoms with Crippen LogP contribution in [0.3, 0.4) is 0 Å². The van der Waals surface area contributed by atoms with Gasteiger partial charge in [0.15, 0.2) is 0 Å². The molecule has 148 valence electrons. The normalized spacial score (nSPS) is 10.6. The molecule has 1 N–H and O–H groups in total. The third-order valence-corrected chi connectivity index (χ3v) is 4.56. The second-order valence-electron chi connectivity index (χ2n) is 6.99. The molecule has 0 bridgehead atoms. The van der Waals surface area contributed by atoms with Crippen LogP contribution in [0.1, 0.15) is 64.4 Å². The van der Waals surface area contributed by atoms with Crippen molar-refractivity contribution in [2.24, 2.45) is 0 Å². The molecular weight excluding hydrogens is 334 g/mol. The lowest BCUT2D eigenvalue weighted by molar-refractivity contribution is 0.304. The summed E-state index contributed by atoms with van der Waals surface area (Å²) in [6, 6.07) is 16.6. The minimum absolute atomic E-state index is 0.788. The van der Waals surface area contributed by atoms with Crippen LogP contribution in [-0.2, 0) is 6.54 Å². The monoisotopic (exact) mass is 369 g/mol. The fourth-order valence-electron chi connectivity index (χ4n) is 2.81. The molecule has 0 spiro atoms. The minimum Gasteiger partial charge on any atom is -0.494 e. The fourth-order valence-corrected chi connectivity index (χ4v) is 2.81. The van der Waals surface area contributed by atoms with E-state index in [2.05, 4.69) is 55.6 Å². The first-order valence-electron chi connectivity index (χ1n) is 10.5. The highest BCUT2D eigenvalue weighted by molar-refractivity contribution is 5.47. The number of unbranched alkanes of at least 4 members (excludes halogenated alkanes) is 5. The molecule has 0 aliphatic rings. The Labute approximate surface area is 165 Å². The van der Waals surface area contributed by atoms with Gasteiger partial charge in [-0.25, -0.2) is 0 Å². The molecular formula is C24H35NO2. The summed E-state index contributed by atoms with van der Waals surface area (Å²) < 4.78 is 11.5. The number of hydrogen-bond acceptors (Lipinski definition) is 3. The van der Waals surface area contributed by atoms with Gasteiger partial charge in [-0.3, -0.25) is 0 Å². The maximum atomic E-state index is 5.82. The number of rotatable bonds is 14. The van der Waals surface area contributed by atoms with E-state index in [0.29, 0.717) is 0 Å². The van der Waals surface area contributed by atoms with E-state index in [1.165, 1.54) is 31.2 Å². The highest BCUT2D eigenvalue weighted by atomic mass is 16.5. The second-order valence-corrected chi connectivity index (χ2v) is 6.99. The van der Waals surface area contributed by atoms with E-state index in [1.807, 2.05) is 12.1 Å². The van der Waals surface area contributed by atoms with Crippen molar-refractivity contribution < 1.29 is 9.47 Å². The van der Waals surface area contributed by atoms with Crippen molar-refractivity contribution >= 4 is 5.69 Å². The molecule has 0 atom stereocenters. The topological polar surface area (TPSA) is 30.5 Å². The minimum atomic E-state index is 0.788. The SMILES string of the molecule is CCCCCCCOc1ccc(CNc2ccc(OCCCC)cc2)cc1. The zero-order chi connectivity index (χ0) is 19.2. The van der Waals surface area contributed by atoms with E-state index in [-0.39, 0.29) is 0 Å². The van der Waals surface area contributed by atoms with E-state index in [1.54, 1.807) is 0 Å². The molecule has 0 heterocycles. The van der Waals surface area contributed by atoms with E-state index >= 15 is 0 Å². The van der Waals surface area contributed by atoms with Crippen LogP contribution in [0.2, 0.25) is 0 Å². The first-order valence-corrected chi connectivity index (χ1v) is 10.5. The van der Waals surface area contributed by atoms with Crippen molar-refractivity contribution in [3.8, 4) is 11.5 Å². The predicted molar refractivity (Wildman–Crippen MR) is 115 cm³/mol. The van der Waals surface area contributed by atoms with E-state index in [4.69, 9.17) is 9.47 Å². The molecule has 0 radical (unpaired) electrons. The third-order valence-electron chi connectivity index (χ3n) is 4.56. The molecule has 0 aliphatic carbocycles. The summed E-state index contributed by atoms with van der Waals surface area (Å²) in [5.74, 6) is 1.90. The first kappa shape index (κ1) is 21.1. The molecule has 0 amide bonds. The third kappa shape index (κ3) is 8.85. The largest absolute Gasteiger partial charge is 0.494 e. The number of ether oxygens (including phenoxy) is 2. The average Bonchev–Trinajstić information content (AvgIpc) is 2.71. The molecule has 2 aromatic rings. The van der Waals surface area contributed by atoms with Crippen LogP contribution in [0.25, 0.3) is 0 Å². The van der Waals surface area contributed by atoms with Gasteiger partial charge in [0.1, 0.15) is 11.5 Å². The van der Waals surface area contributed by atoms with E-state index in [0.717, 1.165) is 56.2 Å². The maximum absolute atomic E-state index is 5.82. The lowest BCUT2D eigenvalue weighted by Gasteiger charge is -2.10. The molecule has 3 nitrogen and oxygen atoms in total. The number of hydrogen-bond donors (Lipinski definition) is 1. The Kier molecular flexibility index (Phi) is 10.2. The zero-order valence-corrected chi connectivity index (χ0v) is 17.0. The molecule has 0 unspecified atom stereocenters. The molecule has 0 aromatic heterocycles. The maximum Gasteiger partial charge on any atom is 0.119 e. The Morgan fingerprint density at radius 1 is 0.630 bits per heavy atom. The van der Waals surface area contributed by atoms with Crippen LogP contribution in [0, 0.1) is 0 Å². The molecule has 0 fully saturated rings. The van der Waals surface area contributed by atoms with Gasteiger partial charge >= 0.3 is 0 Å². The van der Waals surface area contributed by atoms with Crippen LogP contribution in [0.5, 0.6) is 11.5 Å². The lowest BCUT2D eigenvalue weighted by atomic mass is 10.2. The van der Waals surface area contributed by atoms with Gasteiger partial charge in [-0.1, -0.05) is 58.1 Å². The van der Waals surface area contributed by atoms with Crippen LogP contribution < -0.4 is 14.8 Å². The lowest BCUT2D eigenvalue weighted by Crippen LogP contribution is -2.01. The molecule has 0 saturated carbocycles. The van der Waals surface area contributed by atoms with Crippen LogP contribution in [-0.4, -0.2) is 13.2 Å². The average molecular weight is 370 g/mol. The van der Waals surface area contributed by atoms with Crippen molar-refractivity contribution in [2.45, 2.75) is 65.3 Å². The molecule has 0 saturated heterocycles. The van der Waals surface area contributed by atoms with Gasteiger partial charge in [0.2, 0.25) is 0 Å². The van der Waals surface area contributed by atoms with Crippen molar-refractivity contribution in [3.05, 3.63) is 54.1 Å². The first-order chi connectivity index (χ1) is 13.3. The van der Waals surface area contributed by atoms with Crippen LogP contribution in [0.15, 0.2) is 48.5 Å². The number of benzene rings is 2. The van der Waals surface area contributed by atoms with Crippen molar-refractivity contribution in [3.63, 3.8) is 0 Å². The standard InChI is InChI=1S/C24H35NO2/c1-3-5-7-8-9-19-27-23-14-10-21(11-15-23)20-25-22-12-16-24(17-13-22)26-18-6-4-2/h10-17,25H,3-9,18-20H2,1-2H3. The Morgan fingerprint density at radius 2 is 1.19 bits per heavy atom. The van der Waals surface area contributed by atoms with Gasteiger partial charge in [0, 0.05) is 12.2 Å². The highest BCUT2D eigenvalue weighted by Crippen LogP contribution is 2.18. The summed E-state index contributed by atoms with van der Waals surface area (Å²) in [6.07, 6.45) is 8.58. The van der Waals surface area contributed by atoms with Crippen molar-refractivity contribution in [1.29, 1.82) is 0 Å². The Balaban J connectivity index is 1.67. The van der Waals surface area contributed by atoms with Crippen LogP contribution >= 0.6 is 0 Å². The number of anilines is 1. The summed E-state index contributed by atoms with van der Waals surface area (Å²) in [7, 11) is 0. The van der Waals surface area contributed by atoms with Gasteiger partial charge in [-0.15, -0.1) is 0 Å². The fraction of sp³-hybridized carbons (Fsp3) is 0.500. The molecule has 27 heavy (non-hydrogen) atoms. The van der Waals surface area contributed by atoms with Gasteiger partial charge in [-0.05, 0) is 54.8 Å². The van der Waals surface area contributed by atoms with E-state index in [9.17, 15) is 0 Å². The summed E-state index contributed by atoms with van der Waals surface area (Å²) >= 11 is 0. The Hall–Kier alpha value is -2.16. The summed E-state index contributed by atoms with van der Waals surface area (Å²) in [5.41, 5.74) is 2.35. The summed E-state index contributed by atoms with van der Waals surface area (Å²) in [6.45, 7) is 6.81. The zero-order valence-electron chi connectivity index (χ0n) is 17.0. The van der Waals surface area contributed by atoms with Gasteiger partial charge < -0.3 is 14.8 Å². The highest BCUT2D eigenvalue weighted by Gasteiger charge is 1.99. The van der Waals surface area contributed by atoms with E-state index < -0.39 is 0 Å². The van der Waals surface area contributed by atoms with Gasteiger partial charge in [0.05, 0.1) is 13.2 Å². The van der Waals surface area contributed by atoms with Crippen molar-refractivity contribution in [1.82, 2.24) is 0 Å². The summed E-state index contributed by atoms with van der Waals surface area (Å²) in [5, 5.41) is 3.45. The van der Waals surface area contributed by atoms with Crippen molar-refractivity contribution in [2.75, 3.05) is 18.5 Å². The Morgan fingerprint density at radius 3 is 1.81 bits per heavy atom. The smallest absolute Gasteiger partial charge is 0.119 e. The molecule has 0 aliphatic heterocycles. The molecule has 3 heteroatoms.